The number of carbonyl (C=O) groups excluding carboxylic acids is 1. The lowest BCUT2D eigenvalue weighted by Crippen LogP contribution is -2.40. The zero-order valence-electron chi connectivity index (χ0n) is 7.77. The summed E-state index contributed by atoms with van der Waals surface area (Å²) in [6.07, 6.45) is 4.76. The Kier molecular flexibility index (Phi) is 2.47. The maximum Gasteiger partial charge on any atom is 0.329 e. The van der Waals surface area contributed by atoms with Crippen molar-refractivity contribution in [1.82, 2.24) is 14.5 Å². The van der Waals surface area contributed by atoms with Gasteiger partial charge in [-0.25, -0.2) is 14.2 Å². The van der Waals surface area contributed by atoms with E-state index in [0.717, 1.165) is 0 Å². The molecule has 0 atom stereocenters. The number of nitrogens with zero attached hydrogens (tertiary/aromatic N) is 3. The molecule has 5 heteroatoms. The van der Waals surface area contributed by atoms with Crippen LogP contribution in [0.25, 0.3) is 0 Å². The molecule has 76 valence electrons. The van der Waals surface area contributed by atoms with Crippen LogP contribution in [0.1, 0.15) is 12.8 Å². The summed E-state index contributed by atoms with van der Waals surface area (Å²) in [6, 6.07) is -0.116. The lowest BCUT2D eigenvalue weighted by molar-refractivity contribution is 0.153. The minimum atomic E-state index is -0.748. The molecule has 1 aromatic rings. The summed E-state index contributed by atoms with van der Waals surface area (Å²) in [5, 5.41) is 0. The van der Waals surface area contributed by atoms with Gasteiger partial charge in [-0.2, -0.15) is 0 Å². The van der Waals surface area contributed by atoms with Gasteiger partial charge in [0.1, 0.15) is 12.5 Å². The van der Waals surface area contributed by atoms with Gasteiger partial charge in [-0.15, -0.1) is 0 Å². The Morgan fingerprint density at radius 2 is 2.14 bits per heavy atom. The van der Waals surface area contributed by atoms with Gasteiger partial charge >= 0.3 is 6.03 Å². The number of carbonyl (C=O) groups is 1. The summed E-state index contributed by atoms with van der Waals surface area (Å²) in [6.45, 7) is 0.996. The van der Waals surface area contributed by atoms with Crippen molar-refractivity contribution in [1.29, 1.82) is 0 Å². The molecule has 1 fully saturated rings. The van der Waals surface area contributed by atoms with Crippen LogP contribution in [0.2, 0.25) is 0 Å². The summed E-state index contributed by atoms with van der Waals surface area (Å²) >= 11 is 0. The summed E-state index contributed by atoms with van der Waals surface area (Å²) in [5.74, 6) is 0. The quantitative estimate of drug-likeness (QED) is 0.628. The minimum absolute atomic E-state index is 0.116. The molecule has 1 aliphatic heterocycles. The molecule has 0 spiro atoms. The van der Waals surface area contributed by atoms with Gasteiger partial charge in [0.2, 0.25) is 0 Å². The van der Waals surface area contributed by atoms with Crippen molar-refractivity contribution in [2.75, 3.05) is 13.1 Å². The van der Waals surface area contributed by atoms with Crippen LogP contribution in [0.5, 0.6) is 0 Å². The second-order valence-corrected chi connectivity index (χ2v) is 3.41. The first-order valence-electron chi connectivity index (χ1n) is 4.68. The zero-order chi connectivity index (χ0) is 9.97. The Morgan fingerprint density at radius 3 is 2.71 bits per heavy atom. The van der Waals surface area contributed by atoms with Gasteiger partial charge in [-0.1, -0.05) is 0 Å². The predicted octanol–water partition coefficient (Wildman–Crippen LogP) is 1.29. The van der Waals surface area contributed by atoms with Crippen LogP contribution in [0, 0.1) is 0 Å². The fourth-order valence-electron chi connectivity index (χ4n) is 1.57. The summed E-state index contributed by atoms with van der Waals surface area (Å²) in [7, 11) is 0. The molecule has 1 amide bonds. The average Bonchev–Trinajstić information content (AvgIpc) is 2.71. The van der Waals surface area contributed by atoms with E-state index in [4.69, 9.17) is 0 Å². The van der Waals surface area contributed by atoms with E-state index in [2.05, 4.69) is 4.98 Å². The third-order valence-electron chi connectivity index (χ3n) is 2.42. The molecule has 2 heterocycles. The Morgan fingerprint density at radius 1 is 1.43 bits per heavy atom. The number of piperidine rings is 1. The van der Waals surface area contributed by atoms with E-state index in [0.29, 0.717) is 25.9 Å². The highest BCUT2D eigenvalue weighted by Gasteiger charge is 2.22. The van der Waals surface area contributed by atoms with Gasteiger partial charge in [-0.3, -0.25) is 4.57 Å². The van der Waals surface area contributed by atoms with Gasteiger partial charge in [0, 0.05) is 25.5 Å². The number of aromatic nitrogens is 2. The molecule has 14 heavy (non-hydrogen) atoms. The number of hydrogen-bond donors (Lipinski definition) is 0. The molecular formula is C9H12FN3O. The highest BCUT2D eigenvalue weighted by molar-refractivity contribution is 5.76. The number of alkyl halides is 1. The highest BCUT2D eigenvalue weighted by atomic mass is 19.1. The Labute approximate surface area is 81.3 Å². The Balaban J connectivity index is 1.99. The maximum atomic E-state index is 12.8. The molecule has 1 aromatic heterocycles. The standard InChI is InChI=1S/C9H12FN3O/c10-8-1-4-12(5-2-8)9(14)13-6-3-11-7-13/h3,6-8H,1-2,4-5H2. The minimum Gasteiger partial charge on any atom is -0.324 e. The molecule has 0 unspecified atom stereocenters. The fraction of sp³-hybridized carbons (Fsp3) is 0.556. The zero-order valence-corrected chi connectivity index (χ0v) is 7.77. The lowest BCUT2D eigenvalue weighted by atomic mass is 10.1. The van der Waals surface area contributed by atoms with Crippen LogP contribution in [0.15, 0.2) is 18.7 Å². The van der Waals surface area contributed by atoms with E-state index in [1.807, 2.05) is 0 Å². The van der Waals surface area contributed by atoms with Crippen molar-refractivity contribution in [3.8, 4) is 0 Å². The van der Waals surface area contributed by atoms with E-state index in [9.17, 15) is 9.18 Å². The van der Waals surface area contributed by atoms with E-state index in [1.54, 1.807) is 17.3 Å². The first-order valence-corrected chi connectivity index (χ1v) is 4.68. The van der Waals surface area contributed by atoms with Crippen LogP contribution in [0.3, 0.4) is 0 Å². The Bertz CT molecular complexity index is 304. The monoisotopic (exact) mass is 197 g/mol. The van der Waals surface area contributed by atoms with Crippen molar-refractivity contribution >= 4 is 6.03 Å². The van der Waals surface area contributed by atoms with Crippen LogP contribution in [-0.2, 0) is 0 Å². The second-order valence-electron chi connectivity index (χ2n) is 3.41. The van der Waals surface area contributed by atoms with Gasteiger partial charge in [0.15, 0.2) is 0 Å². The first kappa shape index (κ1) is 9.18. The third-order valence-corrected chi connectivity index (χ3v) is 2.42. The maximum absolute atomic E-state index is 12.8. The lowest BCUT2D eigenvalue weighted by Gasteiger charge is -2.28. The van der Waals surface area contributed by atoms with Crippen molar-refractivity contribution in [3.05, 3.63) is 18.7 Å². The third kappa shape index (κ3) is 1.76. The highest BCUT2D eigenvalue weighted by Crippen LogP contribution is 2.13. The van der Waals surface area contributed by atoms with Crippen LogP contribution < -0.4 is 0 Å². The molecule has 0 aliphatic carbocycles. The molecule has 0 N–H and O–H groups in total. The summed E-state index contributed by atoms with van der Waals surface area (Å²) < 4.78 is 14.2. The molecule has 0 aromatic carbocycles. The van der Waals surface area contributed by atoms with Gasteiger partial charge in [0.05, 0.1) is 0 Å². The number of amides is 1. The molecule has 4 nitrogen and oxygen atoms in total. The number of likely N-dealkylation sites (tertiary alicyclic amines) is 1. The van der Waals surface area contributed by atoms with Crippen molar-refractivity contribution in [2.45, 2.75) is 19.0 Å². The van der Waals surface area contributed by atoms with Gasteiger partial charge < -0.3 is 4.90 Å². The molecular weight excluding hydrogens is 185 g/mol. The second kappa shape index (κ2) is 3.77. The predicted molar refractivity (Wildman–Crippen MR) is 48.7 cm³/mol. The van der Waals surface area contributed by atoms with Crippen molar-refractivity contribution in [3.63, 3.8) is 0 Å². The van der Waals surface area contributed by atoms with Crippen molar-refractivity contribution < 1.29 is 9.18 Å². The van der Waals surface area contributed by atoms with Crippen LogP contribution in [0.4, 0.5) is 9.18 Å². The van der Waals surface area contributed by atoms with Gasteiger partial charge in [0.25, 0.3) is 0 Å². The van der Waals surface area contributed by atoms with Crippen molar-refractivity contribution in [2.24, 2.45) is 0 Å². The number of hydrogen-bond acceptors (Lipinski definition) is 2. The molecule has 0 saturated carbocycles. The SMILES string of the molecule is O=C(N1CCC(F)CC1)n1ccnc1. The first-order chi connectivity index (χ1) is 6.77. The molecule has 1 saturated heterocycles. The summed E-state index contributed by atoms with van der Waals surface area (Å²) in [4.78, 5) is 17.1. The van der Waals surface area contributed by atoms with E-state index < -0.39 is 6.17 Å². The fourth-order valence-corrected chi connectivity index (χ4v) is 1.57. The normalized spacial score (nSPS) is 18.5. The largest absolute Gasteiger partial charge is 0.329 e. The van der Waals surface area contributed by atoms with Crippen LogP contribution >= 0.6 is 0 Å². The topological polar surface area (TPSA) is 38.1 Å². The van der Waals surface area contributed by atoms with E-state index in [-0.39, 0.29) is 6.03 Å². The number of imidazole rings is 1. The van der Waals surface area contributed by atoms with E-state index >= 15 is 0 Å². The molecule has 2 rings (SSSR count). The summed E-state index contributed by atoms with van der Waals surface area (Å²) in [5.41, 5.74) is 0. The van der Waals surface area contributed by atoms with E-state index in [1.165, 1.54) is 10.9 Å². The Hall–Kier alpha value is -1.39. The number of halogens is 1. The molecule has 0 radical (unpaired) electrons. The average molecular weight is 197 g/mol. The van der Waals surface area contributed by atoms with Gasteiger partial charge in [-0.05, 0) is 12.8 Å². The smallest absolute Gasteiger partial charge is 0.324 e. The molecule has 1 aliphatic rings. The molecule has 0 bridgehead atoms. The number of rotatable bonds is 0. The van der Waals surface area contributed by atoms with Crippen LogP contribution in [-0.4, -0.2) is 39.7 Å².